The molecule has 98 valence electrons. The maximum atomic E-state index is 6.11. The molecule has 0 saturated heterocycles. The first-order valence-corrected chi connectivity index (χ1v) is 6.74. The summed E-state index contributed by atoms with van der Waals surface area (Å²) in [6.07, 6.45) is 2.24. The molecule has 2 aromatic rings. The molecule has 0 bridgehead atoms. The van der Waals surface area contributed by atoms with E-state index in [1.807, 2.05) is 0 Å². The van der Waals surface area contributed by atoms with Gasteiger partial charge in [0.25, 0.3) is 0 Å². The van der Waals surface area contributed by atoms with Crippen molar-refractivity contribution in [3.05, 3.63) is 40.1 Å². The smallest absolute Gasteiger partial charge is 0.136 e. The molecule has 3 rings (SSSR count). The van der Waals surface area contributed by atoms with Crippen LogP contribution in [0.4, 0.5) is 17.3 Å². The summed E-state index contributed by atoms with van der Waals surface area (Å²) in [5, 5.41) is 4.19. The highest BCUT2D eigenvalue weighted by atomic mass is 35.5. The maximum Gasteiger partial charge on any atom is 0.136 e. The van der Waals surface area contributed by atoms with Gasteiger partial charge in [0, 0.05) is 12.0 Å². The van der Waals surface area contributed by atoms with E-state index in [0.717, 1.165) is 18.7 Å². The van der Waals surface area contributed by atoms with Gasteiger partial charge < -0.3 is 11.1 Å². The number of benzene rings is 1. The number of para-hydroxylation sites is 1. The molecule has 1 fully saturated rings. The standard InChI is InChI=1S/C13H12Cl2N4/c14-8-2-1-3-9(15)12(8)18-11-6-10(16)17-13(19-11)7-4-5-7/h1-3,6-7H,4-5H2,(H3,16,17,18,19). The summed E-state index contributed by atoms with van der Waals surface area (Å²) >= 11 is 12.2. The first-order chi connectivity index (χ1) is 9.13. The van der Waals surface area contributed by atoms with Gasteiger partial charge in [0.1, 0.15) is 17.5 Å². The maximum absolute atomic E-state index is 6.11. The zero-order valence-corrected chi connectivity index (χ0v) is 11.5. The van der Waals surface area contributed by atoms with Gasteiger partial charge in [-0.05, 0) is 25.0 Å². The van der Waals surface area contributed by atoms with Crippen molar-refractivity contribution in [3.63, 3.8) is 0 Å². The lowest BCUT2D eigenvalue weighted by atomic mass is 10.3. The summed E-state index contributed by atoms with van der Waals surface area (Å²) in [5.74, 6) is 2.28. The van der Waals surface area contributed by atoms with Gasteiger partial charge in [-0.15, -0.1) is 0 Å². The first-order valence-electron chi connectivity index (χ1n) is 5.99. The summed E-state index contributed by atoms with van der Waals surface area (Å²) < 4.78 is 0. The average molecular weight is 295 g/mol. The van der Waals surface area contributed by atoms with Gasteiger partial charge >= 0.3 is 0 Å². The fourth-order valence-electron chi connectivity index (χ4n) is 1.82. The lowest BCUT2D eigenvalue weighted by Crippen LogP contribution is -2.03. The largest absolute Gasteiger partial charge is 0.384 e. The van der Waals surface area contributed by atoms with E-state index in [9.17, 15) is 0 Å². The molecule has 1 aliphatic carbocycles. The Morgan fingerprint density at radius 3 is 2.47 bits per heavy atom. The normalized spacial score (nSPS) is 14.4. The zero-order valence-electron chi connectivity index (χ0n) is 10.0. The Kier molecular flexibility index (Phi) is 3.21. The molecule has 0 unspecified atom stereocenters. The number of nitrogens with two attached hydrogens (primary N) is 1. The van der Waals surface area contributed by atoms with E-state index in [-0.39, 0.29) is 0 Å². The molecule has 1 aliphatic rings. The fraction of sp³-hybridized carbons (Fsp3) is 0.231. The third-order valence-corrected chi connectivity index (χ3v) is 3.55. The molecular formula is C13H12Cl2N4. The molecule has 0 aliphatic heterocycles. The molecule has 0 radical (unpaired) electrons. The highest BCUT2D eigenvalue weighted by Crippen LogP contribution is 2.39. The highest BCUT2D eigenvalue weighted by Gasteiger charge is 2.27. The molecule has 0 spiro atoms. The van der Waals surface area contributed by atoms with Gasteiger partial charge in [0.15, 0.2) is 0 Å². The number of hydrogen-bond acceptors (Lipinski definition) is 4. The second kappa shape index (κ2) is 4.87. The minimum atomic E-state index is 0.436. The van der Waals surface area contributed by atoms with Crippen LogP contribution in [0, 0.1) is 0 Å². The van der Waals surface area contributed by atoms with Crippen LogP contribution in [0.2, 0.25) is 10.0 Å². The summed E-state index contributed by atoms with van der Waals surface area (Å²) in [4.78, 5) is 8.70. The Hall–Kier alpha value is -1.52. The predicted molar refractivity (Wildman–Crippen MR) is 78.2 cm³/mol. The van der Waals surface area contributed by atoms with Crippen LogP contribution in [-0.2, 0) is 0 Å². The van der Waals surface area contributed by atoms with E-state index < -0.39 is 0 Å². The quantitative estimate of drug-likeness (QED) is 0.898. The second-order valence-electron chi connectivity index (χ2n) is 4.53. The molecule has 3 N–H and O–H groups in total. The van der Waals surface area contributed by atoms with Crippen molar-refractivity contribution in [2.24, 2.45) is 0 Å². The van der Waals surface area contributed by atoms with Crippen LogP contribution < -0.4 is 11.1 Å². The summed E-state index contributed by atoms with van der Waals surface area (Å²) in [5.41, 5.74) is 6.43. The zero-order chi connectivity index (χ0) is 13.4. The van der Waals surface area contributed by atoms with E-state index in [4.69, 9.17) is 28.9 Å². The first kappa shape index (κ1) is 12.5. The van der Waals surface area contributed by atoms with Gasteiger partial charge in [-0.25, -0.2) is 9.97 Å². The van der Waals surface area contributed by atoms with E-state index >= 15 is 0 Å². The number of nitrogens with one attached hydrogen (secondary N) is 1. The molecule has 1 aromatic carbocycles. The Morgan fingerprint density at radius 2 is 1.84 bits per heavy atom. The van der Waals surface area contributed by atoms with Crippen molar-refractivity contribution >= 4 is 40.5 Å². The molecule has 4 nitrogen and oxygen atoms in total. The van der Waals surface area contributed by atoms with E-state index in [2.05, 4.69) is 15.3 Å². The number of aromatic nitrogens is 2. The molecule has 1 saturated carbocycles. The van der Waals surface area contributed by atoms with Gasteiger partial charge in [-0.2, -0.15) is 0 Å². The van der Waals surface area contributed by atoms with E-state index in [1.54, 1.807) is 24.3 Å². The Bertz CT molecular complexity index is 606. The van der Waals surface area contributed by atoms with Gasteiger partial charge in [-0.1, -0.05) is 29.3 Å². The van der Waals surface area contributed by atoms with Crippen LogP contribution in [0.25, 0.3) is 0 Å². The highest BCUT2D eigenvalue weighted by molar-refractivity contribution is 6.39. The third-order valence-electron chi connectivity index (χ3n) is 2.92. The van der Waals surface area contributed by atoms with Crippen molar-refractivity contribution in [1.29, 1.82) is 0 Å². The lowest BCUT2D eigenvalue weighted by molar-refractivity contribution is 0.936. The minimum Gasteiger partial charge on any atom is -0.384 e. The lowest BCUT2D eigenvalue weighted by Gasteiger charge is -2.11. The van der Waals surface area contributed by atoms with Crippen molar-refractivity contribution in [3.8, 4) is 0 Å². The molecule has 6 heteroatoms. The number of nitrogen functional groups attached to an aromatic ring is 1. The van der Waals surface area contributed by atoms with Crippen LogP contribution in [0.5, 0.6) is 0 Å². The third kappa shape index (κ3) is 2.74. The van der Waals surface area contributed by atoms with Gasteiger partial charge in [0.05, 0.1) is 15.7 Å². The van der Waals surface area contributed by atoms with E-state index in [1.165, 1.54) is 0 Å². The minimum absolute atomic E-state index is 0.436. The van der Waals surface area contributed by atoms with Crippen LogP contribution in [0.15, 0.2) is 24.3 Å². The summed E-state index contributed by atoms with van der Waals surface area (Å²) in [6, 6.07) is 7.00. The van der Waals surface area contributed by atoms with Gasteiger partial charge in [-0.3, -0.25) is 0 Å². The molecule has 0 atom stereocenters. The monoisotopic (exact) mass is 294 g/mol. The van der Waals surface area contributed by atoms with Crippen molar-refractivity contribution in [2.75, 3.05) is 11.1 Å². The van der Waals surface area contributed by atoms with Crippen LogP contribution in [0.3, 0.4) is 0 Å². The van der Waals surface area contributed by atoms with Crippen molar-refractivity contribution in [1.82, 2.24) is 9.97 Å². The van der Waals surface area contributed by atoms with Crippen LogP contribution in [-0.4, -0.2) is 9.97 Å². The molecule has 1 heterocycles. The van der Waals surface area contributed by atoms with E-state index in [0.29, 0.717) is 33.3 Å². The molecule has 0 amide bonds. The Labute approximate surface area is 121 Å². The topological polar surface area (TPSA) is 63.8 Å². The summed E-state index contributed by atoms with van der Waals surface area (Å²) in [6.45, 7) is 0. The number of rotatable bonds is 3. The van der Waals surface area contributed by atoms with Crippen molar-refractivity contribution < 1.29 is 0 Å². The average Bonchev–Trinajstić information content (AvgIpc) is 3.17. The van der Waals surface area contributed by atoms with Crippen LogP contribution >= 0.6 is 23.2 Å². The SMILES string of the molecule is Nc1cc(Nc2c(Cl)cccc2Cl)nc(C2CC2)n1. The molecule has 19 heavy (non-hydrogen) atoms. The molecule has 1 aromatic heterocycles. The molecular weight excluding hydrogens is 283 g/mol. The number of hydrogen-bond donors (Lipinski definition) is 2. The second-order valence-corrected chi connectivity index (χ2v) is 5.35. The van der Waals surface area contributed by atoms with Crippen LogP contribution in [0.1, 0.15) is 24.6 Å². The summed E-state index contributed by atoms with van der Waals surface area (Å²) in [7, 11) is 0. The Morgan fingerprint density at radius 1 is 1.16 bits per heavy atom. The number of anilines is 3. The Balaban J connectivity index is 1.94. The number of halogens is 2. The van der Waals surface area contributed by atoms with Gasteiger partial charge in [0.2, 0.25) is 0 Å². The fourth-order valence-corrected chi connectivity index (χ4v) is 2.31. The van der Waals surface area contributed by atoms with Crippen molar-refractivity contribution in [2.45, 2.75) is 18.8 Å². The number of nitrogens with zero attached hydrogens (tertiary/aromatic N) is 2. The predicted octanol–water partition coefficient (Wildman–Crippen LogP) is 3.99.